The predicted octanol–water partition coefficient (Wildman–Crippen LogP) is 17.4. The Bertz CT molecular complexity index is 1300. The van der Waals surface area contributed by atoms with E-state index in [4.69, 9.17) is 14.2 Å². The summed E-state index contributed by atoms with van der Waals surface area (Å²) in [7, 11) is 0. The maximum atomic E-state index is 12.8. The second-order valence-corrected chi connectivity index (χ2v) is 17.0. The number of carbonyl (C=O) groups excluding carboxylic acids is 3. The van der Waals surface area contributed by atoms with E-state index in [9.17, 15) is 14.4 Å². The van der Waals surface area contributed by atoms with Crippen LogP contribution in [0.4, 0.5) is 0 Å². The number of carbonyl (C=O) groups is 3. The Balaban J connectivity index is 4.49. The third-order valence-electron chi connectivity index (χ3n) is 10.8. The van der Waals surface area contributed by atoms with E-state index in [1.807, 2.05) is 0 Å². The average Bonchev–Trinajstić information content (AvgIpc) is 3.29. The van der Waals surface area contributed by atoms with E-state index in [-0.39, 0.29) is 37.5 Å². The first-order valence-electron chi connectivity index (χ1n) is 26.2. The molecule has 6 nitrogen and oxygen atoms in total. The summed E-state index contributed by atoms with van der Waals surface area (Å²) in [5.41, 5.74) is 0. The lowest BCUT2D eigenvalue weighted by molar-refractivity contribution is -0.167. The summed E-state index contributed by atoms with van der Waals surface area (Å²) in [6, 6.07) is 0. The topological polar surface area (TPSA) is 78.9 Å². The summed E-state index contributed by atoms with van der Waals surface area (Å²) >= 11 is 0. The lowest BCUT2D eigenvalue weighted by Gasteiger charge is -2.18. The normalized spacial score (nSPS) is 12.9. The molecule has 0 rings (SSSR count). The van der Waals surface area contributed by atoms with Crippen molar-refractivity contribution in [1.29, 1.82) is 0 Å². The summed E-state index contributed by atoms with van der Waals surface area (Å²) in [6.07, 6.45) is 68.3. The van der Waals surface area contributed by atoms with Crippen LogP contribution in [0.25, 0.3) is 0 Å². The molecule has 64 heavy (non-hydrogen) atoms. The summed E-state index contributed by atoms with van der Waals surface area (Å²) in [5.74, 6) is -0.986. The SMILES string of the molecule is CC/C=C\C/C=C\C/C=C\C/C=C\C/C=C\CCCC(=O)OCC(COC(=O)CCCCCCC/C=C\C/C=C\CC)OC(=O)CCCCCCCCC/C=C\CCCCCCCC. The van der Waals surface area contributed by atoms with E-state index >= 15 is 0 Å². The predicted molar refractivity (Wildman–Crippen MR) is 274 cm³/mol. The van der Waals surface area contributed by atoms with Gasteiger partial charge in [0.15, 0.2) is 6.10 Å². The maximum Gasteiger partial charge on any atom is 0.306 e. The molecule has 0 aliphatic rings. The van der Waals surface area contributed by atoms with Crippen LogP contribution >= 0.6 is 0 Å². The molecule has 1 unspecified atom stereocenters. The molecule has 0 aromatic carbocycles. The molecule has 0 aromatic heterocycles. The fourth-order valence-electron chi connectivity index (χ4n) is 6.92. The van der Waals surface area contributed by atoms with E-state index in [0.29, 0.717) is 19.3 Å². The van der Waals surface area contributed by atoms with Crippen molar-refractivity contribution in [3.63, 3.8) is 0 Å². The van der Waals surface area contributed by atoms with Gasteiger partial charge in [0.25, 0.3) is 0 Å². The molecule has 0 heterocycles. The van der Waals surface area contributed by atoms with Crippen LogP contribution in [0.5, 0.6) is 0 Å². The number of esters is 3. The molecule has 0 fully saturated rings. The van der Waals surface area contributed by atoms with Crippen LogP contribution in [0.1, 0.15) is 233 Å². The molecule has 6 heteroatoms. The van der Waals surface area contributed by atoms with Crippen molar-refractivity contribution in [2.75, 3.05) is 13.2 Å². The van der Waals surface area contributed by atoms with Gasteiger partial charge in [0.2, 0.25) is 0 Å². The first kappa shape index (κ1) is 60.3. The fraction of sp³-hybridized carbons (Fsp3) is 0.672. The summed E-state index contributed by atoms with van der Waals surface area (Å²) in [4.78, 5) is 38.0. The minimum Gasteiger partial charge on any atom is -0.462 e. The number of ether oxygens (including phenoxy) is 3. The highest BCUT2D eigenvalue weighted by molar-refractivity contribution is 5.71. The summed E-state index contributed by atoms with van der Waals surface area (Å²) in [6.45, 7) is 6.34. The van der Waals surface area contributed by atoms with Crippen molar-refractivity contribution in [1.82, 2.24) is 0 Å². The van der Waals surface area contributed by atoms with E-state index in [1.54, 1.807) is 0 Å². The molecule has 364 valence electrons. The molecule has 1 atom stereocenters. The lowest BCUT2D eigenvalue weighted by Crippen LogP contribution is -2.30. The Morgan fingerprint density at radius 3 is 1.03 bits per heavy atom. The van der Waals surface area contributed by atoms with Gasteiger partial charge in [-0.3, -0.25) is 14.4 Å². The van der Waals surface area contributed by atoms with Crippen molar-refractivity contribution >= 4 is 17.9 Å². The molecule has 0 aliphatic heterocycles. The molecule has 0 N–H and O–H groups in total. The van der Waals surface area contributed by atoms with Crippen LogP contribution in [-0.2, 0) is 28.6 Å². The van der Waals surface area contributed by atoms with Crippen molar-refractivity contribution in [3.05, 3.63) is 97.2 Å². The van der Waals surface area contributed by atoms with Gasteiger partial charge in [-0.05, 0) is 109 Å². The molecular weight excluding hydrogens is 793 g/mol. The molecule has 0 aliphatic carbocycles. The number of allylic oxidation sites excluding steroid dienone is 16. The van der Waals surface area contributed by atoms with Gasteiger partial charge in [-0.2, -0.15) is 0 Å². The first-order chi connectivity index (χ1) is 31.5. The smallest absolute Gasteiger partial charge is 0.306 e. The molecule has 0 bridgehead atoms. The molecule has 0 spiro atoms. The van der Waals surface area contributed by atoms with E-state index in [0.717, 1.165) is 109 Å². The maximum absolute atomic E-state index is 12.8. The summed E-state index contributed by atoms with van der Waals surface area (Å²) < 4.78 is 16.7. The molecule has 0 radical (unpaired) electrons. The van der Waals surface area contributed by atoms with Crippen molar-refractivity contribution in [2.24, 2.45) is 0 Å². The van der Waals surface area contributed by atoms with Gasteiger partial charge in [0.1, 0.15) is 13.2 Å². The van der Waals surface area contributed by atoms with Gasteiger partial charge in [-0.1, -0.05) is 201 Å². The van der Waals surface area contributed by atoms with Gasteiger partial charge >= 0.3 is 17.9 Å². The Kier molecular flexibility index (Phi) is 49.0. The Morgan fingerprint density at radius 1 is 0.328 bits per heavy atom. The highest BCUT2D eigenvalue weighted by Crippen LogP contribution is 2.14. The largest absolute Gasteiger partial charge is 0.462 e. The minimum absolute atomic E-state index is 0.105. The molecule has 0 saturated carbocycles. The monoisotopic (exact) mass is 889 g/mol. The van der Waals surface area contributed by atoms with E-state index in [2.05, 4.69) is 118 Å². The molecule has 0 amide bonds. The number of unbranched alkanes of at least 4 members (excludes halogenated alkanes) is 19. The second-order valence-electron chi connectivity index (χ2n) is 17.0. The standard InChI is InChI=1S/C58H96O6/c1-4-7-10-13-16-19-22-25-27-29-31-33-36-39-42-45-48-51-57(60)63-54-55(53-62-56(59)50-47-44-41-38-35-24-21-18-15-12-9-6-3)64-58(61)52-49-46-43-40-37-34-32-30-28-26-23-20-17-14-11-8-5-2/h7,9-10,12,16,18-19,21,25-28,31,33,39,42,55H,4-6,8,11,13-15,17,20,22-24,29-30,32,34-38,40-41,43-54H2,1-3H3/b10-7-,12-9-,19-16-,21-18-,27-25-,28-26-,33-31-,42-39-. The lowest BCUT2D eigenvalue weighted by atomic mass is 10.1. The van der Waals surface area contributed by atoms with Crippen LogP contribution in [0.3, 0.4) is 0 Å². The minimum atomic E-state index is -0.809. The van der Waals surface area contributed by atoms with Crippen LogP contribution in [0, 0.1) is 0 Å². The average molecular weight is 889 g/mol. The van der Waals surface area contributed by atoms with Crippen LogP contribution in [-0.4, -0.2) is 37.2 Å². The van der Waals surface area contributed by atoms with Gasteiger partial charge in [0, 0.05) is 19.3 Å². The zero-order valence-corrected chi connectivity index (χ0v) is 41.5. The van der Waals surface area contributed by atoms with E-state index < -0.39 is 6.10 Å². The summed E-state index contributed by atoms with van der Waals surface area (Å²) in [5, 5.41) is 0. The third kappa shape index (κ3) is 49.3. The highest BCUT2D eigenvalue weighted by atomic mass is 16.6. The molecule has 0 saturated heterocycles. The second kappa shape index (κ2) is 52.0. The number of hydrogen-bond donors (Lipinski definition) is 0. The van der Waals surface area contributed by atoms with Gasteiger partial charge < -0.3 is 14.2 Å². The number of rotatable bonds is 46. The van der Waals surface area contributed by atoms with Gasteiger partial charge in [0.05, 0.1) is 0 Å². The van der Waals surface area contributed by atoms with Crippen molar-refractivity contribution in [2.45, 2.75) is 239 Å². The van der Waals surface area contributed by atoms with Crippen LogP contribution in [0.2, 0.25) is 0 Å². The van der Waals surface area contributed by atoms with Gasteiger partial charge in [-0.25, -0.2) is 0 Å². The number of hydrogen-bond acceptors (Lipinski definition) is 6. The van der Waals surface area contributed by atoms with Gasteiger partial charge in [-0.15, -0.1) is 0 Å². The van der Waals surface area contributed by atoms with E-state index in [1.165, 1.54) is 77.0 Å². The molecular formula is C58H96O6. The van der Waals surface area contributed by atoms with Crippen LogP contribution < -0.4 is 0 Å². The third-order valence-corrected chi connectivity index (χ3v) is 10.8. The van der Waals surface area contributed by atoms with Crippen molar-refractivity contribution in [3.8, 4) is 0 Å². The van der Waals surface area contributed by atoms with Crippen molar-refractivity contribution < 1.29 is 28.6 Å². The highest BCUT2D eigenvalue weighted by Gasteiger charge is 2.19. The Hall–Kier alpha value is -3.67. The zero-order valence-electron chi connectivity index (χ0n) is 41.5. The Morgan fingerprint density at radius 2 is 0.625 bits per heavy atom. The molecule has 0 aromatic rings. The fourth-order valence-corrected chi connectivity index (χ4v) is 6.92. The quantitative estimate of drug-likeness (QED) is 0.0262. The van der Waals surface area contributed by atoms with Crippen LogP contribution in [0.15, 0.2) is 97.2 Å². The zero-order chi connectivity index (χ0) is 46.5. The Labute approximate surface area is 394 Å². The first-order valence-corrected chi connectivity index (χ1v) is 26.2.